The molecule has 1 aliphatic heterocycles. The number of carbonyl (C=O) groups excluding carboxylic acids is 1. The third-order valence-corrected chi connectivity index (χ3v) is 6.45. The van der Waals surface area contributed by atoms with Gasteiger partial charge in [-0.1, -0.05) is 17.7 Å². The molecule has 0 aliphatic carbocycles. The summed E-state index contributed by atoms with van der Waals surface area (Å²) in [6.45, 7) is 2.57. The molecule has 3 N–H and O–H groups in total. The normalized spacial score (nSPS) is 16.3. The van der Waals surface area contributed by atoms with E-state index < -0.39 is 10.0 Å². The van der Waals surface area contributed by atoms with Gasteiger partial charge in [-0.15, -0.1) is 0 Å². The topological polar surface area (TPSA) is 105 Å². The second-order valence-electron chi connectivity index (χ2n) is 6.45. The molecule has 0 radical (unpaired) electrons. The third-order valence-electron chi connectivity index (χ3n) is 4.54. The molecule has 26 heavy (non-hydrogen) atoms. The van der Waals surface area contributed by atoms with Crippen molar-refractivity contribution in [3.63, 3.8) is 0 Å². The van der Waals surface area contributed by atoms with Crippen molar-refractivity contribution in [2.24, 2.45) is 5.92 Å². The summed E-state index contributed by atoms with van der Waals surface area (Å²) in [5.41, 5.74) is 7.12. The maximum Gasteiger partial charge on any atom is 0.243 e. The van der Waals surface area contributed by atoms with E-state index in [2.05, 4.69) is 10.3 Å². The minimum Gasteiger partial charge on any atom is -0.384 e. The van der Waals surface area contributed by atoms with Gasteiger partial charge in [0.2, 0.25) is 15.9 Å². The zero-order chi connectivity index (χ0) is 18.7. The van der Waals surface area contributed by atoms with Crippen LogP contribution in [-0.4, -0.2) is 36.7 Å². The van der Waals surface area contributed by atoms with Gasteiger partial charge in [-0.25, -0.2) is 13.4 Å². The van der Waals surface area contributed by atoms with E-state index in [0.29, 0.717) is 42.3 Å². The smallest absolute Gasteiger partial charge is 0.243 e. The molecule has 1 fully saturated rings. The summed E-state index contributed by atoms with van der Waals surface area (Å²) in [7, 11) is -3.51. The molecular weight excluding hydrogens is 352 g/mol. The first-order valence-corrected chi connectivity index (χ1v) is 9.89. The van der Waals surface area contributed by atoms with Crippen LogP contribution in [0.4, 0.5) is 11.5 Å². The van der Waals surface area contributed by atoms with Gasteiger partial charge < -0.3 is 11.1 Å². The van der Waals surface area contributed by atoms with Gasteiger partial charge in [0.15, 0.2) is 0 Å². The molecule has 0 bridgehead atoms. The Morgan fingerprint density at radius 3 is 2.38 bits per heavy atom. The van der Waals surface area contributed by atoms with E-state index in [1.807, 2.05) is 6.92 Å². The number of rotatable bonds is 4. The number of aryl methyl sites for hydroxylation is 1. The highest BCUT2D eigenvalue weighted by Crippen LogP contribution is 2.25. The molecule has 0 unspecified atom stereocenters. The fourth-order valence-corrected chi connectivity index (χ4v) is 4.41. The summed E-state index contributed by atoms with van der Waals surface area (Å²) in [6, 6.07) is 10.1. The molecule has 1 saturated heterocycles. The minimum atomic E-state index is -3.51. The van der Waals surface area contributed by atoms with E-state index in [-0.39, 0.29) is 11.8 Å². The lowest BCUT2D eigenvalue weighted by molar-refractivity contribution is -0.120. The Morgan fingerprint density at radius 2 is 1.81 bits per heavy atom. The highest BCUT2D eigenvalue weighted by atomic mass is 32.2. The van der Waals surface area contributed by atoms with Crippen molar-refractivity contribution in [3.05, 3.63) is 48.2 Å². The standard InChI is InChI=1S/C18H22N4O3S/c1-13-2-5-16(6-3-13)26(24,25)22-10-8-14(9-11-22)18(23)21-15-4-7-17(19)20-12-15/h2-7,12,14H,8-11H2,1H3,(H2,19,20)(H,21,23). The zero-order valence-electron chi connectivity index (χ0n) is 14.6. The van der Waals surface area contributed by atoms with Crippen molar-refractivity contribution >= 4 is 27.4 Å². The number of nitrogens with two attached hydrogens (primary N) is 1. The number of nitrogen functional groups attached to an aromatic ring is 1. The van der Waals surface area contributed by atoms with Gasteiger partial charge in [0, 0.05) is 19.0 Å². The number of pyridine rings is 1. The summed E-state index contributed by atoms with van der Waals surface area (Å²) in [5, 5.41) is 2.81. The Kier molecular flexibility index (Phi) is 5.24. The molecule has 0 spiro atoms. The van der Waals surface area contributed by atoms with E-state index >= 15 is 0 Å². The predicted molar refractivity (Wildman–Crippen MR) is 99.9 cm³/mol. The van der Waals surface area contributed by atoms with Crippen LogP contribution in [0.15, 0.2) is 47.5 Å². The lowest BCUT2D eigenvalue weighted by atomic mass is 9.97. The number of carbonyl (C=O) groups is 1. The van der Waals surface area contributed by atoms with E-state index in [9.17, 15) is 13.2 Å². The summed E-state index contributed by atoms with van der Waals surface area (Å²) < 4.78 is 26.9. The van der Waals surface area contributed by atoms with Crippen LogP contribution in [0.25, 0.3) is 0 Å². The average molecular weight is 374 g/mol. The van der Waals surface area contributed by atoms with Crippen LogP contribution in [0.2, 0.25) is 0 Å². The number of nitrogens with one attached hydrogen (secondary N) is 1. The molecule has 1 aromatic carbocycles. The van der Waals surface area contributed by atoms with Gasteiger partial charge in [0.25, 0.3) is 0 Å². The van der Waals surface area contributed by atoms with E-state index in [0.717, 1.165) is 5.56 Å². The van der Waals surface area contributed by atoms with Crippen LogP contribution in [0.5, 0.6) is 0 Å². The zero-order valence-corrected chi connectivity index (χ0v) is 15.4. The van der Waals surface area contributed by atoms with Crippen LogP contribution < -0.4 is 11.1 Å². The molecule has 1 aromatic heterocycles. The van der Waals surface area contributed by atoms with Gasteiger partial charge >= 0.3 is 0 Å². The van der Waals surface area contributed by atoms with Gasteiger partial charge in [0.1, 0.15) is 5.82 Å². The van der Waals surface area contributed by atoms with Crippen LogP contribution in [0, 0.1) is 12.8 Å². The largest absolute Gasteiger partial charge is 0.384 e. The van der Waals surface area contributed by atoms with E-state index in [1.165, 1.54) is 10.5 Å². The number of anilines is 2. The molecule has 1 amide bonds. The molecule has 0 saturated carbocycles. The molecular formula is C18H22N4O3S. The van der Waals surface area contributed by atoms with Crippen molar-refractivity contribution in [3.8, 4) is 0 Å². The number of benzene rings is 1. The number of hydrogen-bond donors (Lipinski definition) is 2. The van der Waals surface area contributed by atoms with E-state index in [4.69, 9.17) is 5.73 Å². The SMILES string of the molecule is Cc1ccc(S(=O)(=O)N2CCC(C(=O)Nc3ccc(N)nc3)CC2)cc1. The van der Waals surface area contributed by atoms with Crippen molar-refractivity contribution < 1.29 is 13.2 Å². The van der Waals surface area contributed by atoms with Crippen molar-refractivity contribution in [2.45, 2.75) is 24.7 Å². The summed E-state index contributed by atoms with van der Waals surface area (Å²) in [4.78, 5) is 16.6. The number of hydrogen-bond acceptors (Lipinski definition) is 5. The van der Waals surface area contributed by atoms with Gasteiger partial charge in [-0.3, -0.25) is 4.79 Å². The van der Waals surface area contributed by atoms with Gasteiger partial charge in [-0.2, -0.15) is 4.31 Å². The first-order valence-electron chi connectivity index (χ1n) is 8.45. The Hall–Kier alpha value is -2.45. The van der Waals surface area contributed by atoms with Crippen LogP contribution in [-0.2, 0) is 14.8 Å². The van der Waals surface area contributed by atoms with E-state index in [1.54, 1.807) is 36.4 Å². The molecule has 138 valence electrons. The molecule has 2 aromatic rings. The molecule has 1 aliphatic rings. The highest BCUT2D eigenvalue weighted by molar-refractivity contribution is 7.89. The molecule has 8 heteroatoms. The average Bonchev–Trinajstić information content (AvgIpc) is 2.64. The lowest BCUT2D eigenvalue weighted by Crippen LogP contribution is -2.41. The minimum absolute atomic E-state index is 0.121. The second kappa shape index (κ2) is 7.43. The van der Waals surface area contributed by atoms with Crippen LogP contribution in [0.1, 0.15) is 18.4 Å². The number of nitrogens with zero attached hydrogens (tertiary/aromatic N) is 2. The Labute approximate surface area is 153 Å². The van der Waals surface area contributed by atoms with Crippen LogP contribution in [0.3, 0.4) is 0 Å². The summed E-state index contributed by atoms with van der Waals surface area (Å²) >= 11 is 0. The Morgan fingerprint density at radius 1 is 1.15 bits per heavy atom. The first-order chi connectivity index (χ1) is 12.4. The highest BCUT2D eigenvalue weighted by Gasteiger charge is 2.32. The van der Waals surface area contributed by atoms with Crippen molar-refractivity contribution in [2.75, 3.05) is 24.1 Å². The maximum absolute atomic E-state index is 12.7. The fourth-order valence-electron chi connectivity index (χ4n) is 2.94. The Balaban J connectivity index is 1.60. The molecule has 3 rings (SSSR count). The predicted octanol–water partition coefficient (Wildman–Crippen LogP) is 2.01. The third kappa shape index (κ3) is 4.03. The summed E-state index contributed by atoms with van der Waals surface area (Å²) in [5.74, 6) is 0.0404. The monoisotopic (exact) mass is 374 g/mol. The maximum atomic E-state index is 12.7. The van der Waals surface area contributed by atoms with Crippen molar-refractivity contribution in [1.29, 1.82) is 0 Å². The quantitative estimate of drug-likeness (QED) is 0.852. The fraction of sp³-hybridized carbons (Fsp3) is 0.333. The number of sulfonamides is 1. The number of amides is 1. The molecule has 0 atom stereocenters. The van der Waals surface area contributed by atoms with Gasteiger partial charge in [-0.05, 0) is 44.0 Å². The number of aromatic nitrogens is 1. The molecule has 2 heterocycles. The number of piperidine rings is 1. The first kappa shape index (κ1) is 18.3. The lowest BCUT2D eigenvalue weighted by Gasteiger charge is -2.30. The van der Waals surface area contributed by atoms with Crippen LogP contribution >= 0.6 is 0 Å². The van der Waals surface area contributed by atoms with Gasteiger partial charge in [0.05, 0.1) is 16.8 Å². The summed E-state index contributed by atoms with van der Waals surface area (Å²) in [6.07, 6.45) is 2.48. The van der Waals surface area contributed by atoms with Crippen molar-refractivity contribution in [1.82, 2.24) is 9.29 Å². The second-order valence-corrected chi connectivity index (χ2v) is 8.39. The Bertz CT molecular complexity index is 872. The molecule has 7 nitrogen and oxygen atoms in total.